The normalized spacial score (nSPS) is 26.2. The quantitative estimate of drug-likeness (QED) is 0.174. The molecule has 2 rings (SSSR count). The number of hydrogen-bond acceptors (Lipinski definition) is 10. The summed E-state index contributed by atoms with van der Waals surface area (Å²) in [5.74, 6) is -2.39. The summed E-state index contributed by atoms with van der Waals surface area (Å²) in [6.45, 7) is -0.0253. The number of nitrogens with two attached hydrogens (primary N) is 2. The average Bonchev–Trinajstić information content (AvgIpc) is 2.71. The third-order valence-electron chi connectivity index (χ3n) is 4.78. The molecule has 32 heavy (non-hydrogen) atoms. The van der Waals surface area contributed by atoms with E-state index in [4.69, 9.17) is 16.2 Å². The standard InChI is InChI=1S/C17H27N7O8/c1-20-6-9(26)21-7(2-4-18)15(30)23-10-11(27)12(28)16(32-13(10)14(19)29)24-5-3-8(25)22-17(24)31/h3,5,7,10-13,16,20,27-28H,2,4,6,18H2,1H3,(H2,19,29)(H,21,26)(H,23,30)(H,22,25,31)/t7-,10+,11+,12-,13+,16-/m1/s1. The maximum atomic E-state index is 12.7. The predicted octanol–water partition coefficient (Wildman–Crippen LogP) is -5.82. The summed E-state index contributed by atoms with van der Waals surface area (Å²) in [5.41, 5.74) is 9.17. The summed E-state index contributed by atoms with van der Waals surface area (Å²) in [7, 11) is 1.54. The Kier molecular flexibility index (Phi) is 8.62. The van der Waals surface area contributed by atoms with Crippen molar-refractivity contribution < 1.29 is 29.3 Å². The highest BCUT2D eigenvalue weighted by molar-refractivity contribution is 5.89. The minimum absolute atomic E-state index is 0.0424. The highest BCUT2D eigenvalue weighted by atomic mass is 16.5. The molecule has 1 aromatic rings. The van der Waals surface area contributed by atoms with Crippen LogP contribution in [0.15, 0.2) is 21.9 Å². The third kappa shape index (κ3) is 5.77. The molecule has 3 amide bonds. The molecular formula is C17H27N7O8. The lowest BCUT2D eigenvalue weighted by atomic mass is 9.94. The van der Waals surface area contributed by atoms with Gasteiger partial charge in [-0.2, -0.15) is 0 Å². The van der Waals surface area contributed by atoms with Gasteiger partial charge in [-0.15, -0.1) is 0 Å². The molecule has 1 aromatic heterocycles. The van der Waals surface area contributed by atoms with Crippen molar-refractivity contribution in [1.29, 1.82) is 0 Å². The van der Waals surface area contributed by atoms with Crippen LogP contribution in [0.2, 0.25) is 0 Å². The fourth-order valence-corrected chi connectivity index (χ4v) is 3.24. The summed E-state index contributed by atoms with van der Waals surface area (Å²) in [6.07, 6.45) is -5.80. The number of aromatic amines is 1. The molecule has 6 atom stereocenters. The van der Waals surface area contributed by atoms with Crippen LogP contribution in [0.1, 0.15) is 12.6 Å². The topological polar surface area (TPSA) is 244 Å². The van der Waals surface area contributed by atoms with Gasteiger partial charge in [-0.25, -0.2) is 4.79 Å². The van der Waals surface area contributed by atoms with Gasteiger partial charge in [-0.05, 0) is 20.0 Å². The van der Waals surface area contributed by atoms with Crippen LogP contribution in [-0.2, 0) is 19.1 Å². The number of nitrogens with zero attached hydrogens (tertiary/aromatic N) is 1. The number of aliphatic hydroxyl groups is 2. The molecule has 0 saturated carbocycles. The third-order valence-corrected chi connectivity index (χ3v) is 4.78. The number of H-pyrrole nitrogens is 1. The second-order valence-corrected chi connectivity index (χ2v) is 7.11. The van der Waals surface area contributed by atoms with Crippen molar-refractivity contribution in [3.63, 3.8) is 0 Å². The number of rotatable bonds is 9. The molecule has 1 aliphatic rings. The predicted molar refractivity (Wildman–Crippen MR) is 108 cm³/mol. The lowest BCUT2D eigenvalue weighted by molar-refractivity contribution is -0.212. The second kappa shape index (κ2) is 11.0. The van der Waals surface area contributed by atoms with Gasteiger partial charge in [0.2, 0.25) is 17.7 Å². The van der Waals surface area contributed by atoms with Crippen LogP contribution >= 0.6 is 0 Å². The van der Waals surface area contributed by atoms with Crippen molar-refractivity contribution >= 4 is 17.7 Å². The van der Waals surface area contributed by atoms with Gasteiger partial charge in [0.05, 0.1) is 12.6 Å². The maximum Gasteiger partial charge on any atom is 0.330 e. The first kappa shape index (κ1) is 25.2. The van der Waals surface area contributed by atoms with Gasteiger partial charge in [0.25, 0.3) is 5.56 Å². The lowest BCUT2D eigenvalue weighted by Gasteiger charge is -2.42. The Balaban J connectivity index is 2.26. The van der Waals surface area contributed by atoms with Gasteiger partial charge in [0.15, 0.2) is 12.3 Å². The number of primary amides is 1. The fourth-order valence-electron chi connectivity index (χ4n) is 3.24. The van der Waals surface area contributed by atoms with Crippen LogP contribution in [0.25, 0.3) is 0 Å². The Bertz CT molecular complexity index is 947. The number of hydrogen-bond donors (Lipinski definition) is 8. The van der Waals surface area contributed by atoms with Crippen LogP contribution < -0.4 is 38.7 Å². The van der Waals surface area contributed by atoms with Crippen molar-refractivity contribution in [1.82, 2.24) is 25.5 Å². The van der Waals surface area contributed by atoms with Crippen LogP contribution in [0, 0.1) is 0 Å². The van der Waals surface area contributed by atoms with E-state index in [0.717, 1.165) is 16.8 Å². The lowest BCUT2D eigenvalue weighted by Crippen LogP contribution is -2.67. The Morgan fingerprint density at radius 2 is 1.97 bits per heavy atom. The van der Waals surface area contributed by atoms with E-state index in [1.54, 1.807) is 0 Å². The summed E-state index contributed by atoms with van der Waals surface area (Å²) < 4.78 is 6.19. The largest absolute Gasteiger partial charge is 0.388 e. The SMILES string of the molecule is CNCC(=O)N[C@H](CCN)C(=O)N[C@H]1[C@H](O)[C@@H](O)[C@H](n2ccc(=O)[nH]c2=O)O[C@@H]1C(N)=O. The van der Waals surface area contributed by atoms with E-state index in [-0.39, 0.29) is 19.5 Å². The number of carbonyl (C=O) groups excluding carboxylic acids is 3. The van der Waals surface area contributed by atoms with E-state index in [9.17, 15) is 34.2 Å². The van der Waals surface area contributed by atoms with Gasteiger partial charge in [0, 0.05) is 12.3 Å². The number of aliphatic hydroxyl groups excluding tert-OH is 2. The molecule has 0 unspecified atom stereocenters. The van der Waals surface area contributed by atoms with E-state index in [0.29, 0.717) is 0 Å². The summed E-state index contributed by atoms with van der Waals surface area (Å²) >= 11 is 0. The molecule has 0 radical (unpaired) electrons. The average molecular weight is 457 g/mol. The molecule has 15 nitrogen and oxygen atoms in total. The first-order chi connectivity index (χ1) is 15.1. The number of carbonyl (C=O) groups is 3. The molecule has 15 heteroatoms. The molecule has 1 fully saturated rings. The second-order valence-electron chi connectivity index (χ2n) is 7.11. The van der Waals surface area contributed by atoms with Crippen molar-refractivity contribution in [2.45, 2.75) is 43.0 Å². The van der Waals surface area contributed by atoms with Crippen molar-refractivity contribution in [2.75, 3.05) is 20.1 Å². The first-order valence-electron chi connectivity index (χ1n) is 9.67. The number of amides is 3. The molecule has 0 aromatic carbocycles. The zero-order valence-electron chi connectivity index (χ0n) is 17.2. The van der Waals surface area contributed by atoms with Crippen LogP contribution in [0.4, 0.5) is 0 Å². The molecular weight excluding hydrogens is 430 g/mol. The zero-order chi connectivity index (χ0) is 24.0. The molecule has 0 bridgehead atoms. The molecule has 10 N–H and O–H groups in total. The molecule has 0 aliphatic carbocycles. The van der Waals surface area contributed by atoms with Gasteiger partial charge in [-0.1, -0.05) is 0 Å². The molecule has 0 spiro atoms. The molecule has 2 heterocycles. The van der Waals surface area contributed by atoms with Crippen molar-refractivity contribution in [3.05, 3.63) is 33.1 Å². The van der Waals surface area contributed by atoms with E-state index in [2.05, 4.69) is 16.0 Å². The Morgan fingerprint density at radius 3 is 2.53 bits per heavy atom. The monoisotopic (exact) mass is 457 g/mol. The highest BCUT2D eigenvalue weighted by Gasteiger charge is 2.48. The fraction of sp³-hybridized carbons (Fsp3) is 0.588. The zero-order valence-corrected chi connectivity index (χ0v) is 17.2. The summed E-state index contributed by atoms with van der Waals surface area (Å²) in [4.78, 5) is 61.8. The smallest absolute Gasteiger partial charge is 0.330 e. The maximum absolute atomic E-state index is 12.7. The van der Waals surface area contributed by atoms with E-state index >= 15 is 0 Å². The van der Waals surface area contributed by atoms with Gasteiger partial charge >= 0.3 is 5.69 Å². The minimum Gasteiger partial charge on any atom is -0.388 e. The van der Waals surface area contributed by atoms with Gasteiger partial charge < -0.3 is 42.4 Å². The summed E-state index contributed by atoms with van der Waals surface area (Å²) in [6, 6.07) is -1.63. The molecule has 1 saturated heterocycles. The first-order valence-corrected chi connectivity index (χ1v) is 9.67. The number of nitrogens with one attached hydrogen (secondary N) is 4. The van der Waals surface area contributed by atoms with Gasteiger partial charge in [0.1, 0.15) is 18.2 Å². The van der Waals surface area contributed by atoms with E-state index in [1.807, 2.05) is 4.98 Å². The molecule has 1 aliphatic heterocycles. The number of aromatic nitrogens is 2. The number of likely N-dealkylation sites (N-methyl/N-ethyl adjacent to an activating group) is 1. The van der Waals surface area contributed by atoms with Crippen molar-refractivity contribution in [2.24, 2.45) is 11.5 Å². The highest BCUT2D eigenvalue weighted by Crippen LogP contribution is 2.27. The summed E-state index contributed by atoms with van der Waals surface area (Å²) in [5, 5.41) is 28.5. The number of ether oxygens (including phenoxy) is 1. The van der Waals surface area contributed by atoms with Crippen LogP contribution in [0.5, 0.6) is 0 Å². The van der Waals surface area contributed by atoms with E-state index in [1.165, 1.54) is 7.05 Å². The van der Waals surface area contributed by atoms with Crippen molar-refractivity contribution in [3.8, 4) is 0 Å². The van der Waals surface area contributed by atoms with Crippen LogP contribution in [0.3, 0.4) is 0 Å². The molecule has 178 valence electrons. The van der Waals surface area contributed by atoms with Gasteiger partial charge in [-0.3, -0.25) is 28.7 Å². The Hall–Kier alpha value is -3.11. The minimum atomic E-state index is -1.81. The Morgan fingerprint density at radius 1 is 1.28 bits per heavy atom. The Labute approximate surface area is 181 Å². The van der Waals surface area contributed by atoms with E-state index < -0.39 is 65.6 Å². The van der Waals surface area contributed by atoms with Crippen LogP contribution in [-0.4, -0.2) is 88.0 Å².